The first kappa shape index (κ1) is 11.4. The van der Waals surface area contributed by atoms with E-state index in [1.807, 2.05) is 6.07 Å². The Bertz CT molecular complexity index is 592. The van der Waals surface area contributed by atoms with Crippen molar-refractivity contribution in [1.82, 2.24) is 0 Å². The lowest BCUT2D eigenvalue weighted by atomic mass is 10.2. The minimum atomic E-state index is -0.637. The minimum absolute atomic E-state index is 0.000185. The quantitative estimate of drug-likeness (QED) is 0.799. The molecule has 0 saturated heterocycles. The van der Waals surface area contributed by atoms with Crippen LogP contribution in [0.15, 0.2) is 42.5 Å². The SMILES string of the molecule is N#Cc1ccccc1Oc1cccc(Cl)c1F. The van der Waals surface area contributed by atoms with Gasteiger partial charge in [0.1, 0.15) is 11.8 Å². The van der Waals surface area contributed by atoms with Crippen LogP contribution in [0.3, 0.4) is 0 Å². The van der Waals surface area contributed by atoms with Gasteiger partial charge in [-0.25, -0.2) is 4.39 Å². The topological polar surface area (TPSA) is 33.0 Å². The van der Waals surface area contributed by atoms with Gasteiger partial charge in [0.25, 0.3) is 0 Å². The molecule has 0 unspecified atom stereocenters. The van der Waals surface area contributed by atoms with E-state index >= 15 is 0 Å². The van der Waals surface area contributed by atoms with Crippen LogP contribution < -0.4 is 4.74 Å². The number of nitriles is 1. The highest BCUT2D eigenvalue weighted by Gasteiger charge is 2.10. The normalized spacial score (nSPS) is 9.71. The van der Waals surface area contributed by atoms with Crippen LogP contribution >= 0.6 is 11.6 Å². The molecule has 2 aromatic rings. The molecule has 0 N–H and O–H groups in total. The fourth-order valence-electron chi connectivity index (χ4n) is 1.33. The van der Waals surface area contributed by atoms with Crippen molar-refractivity contribution in [2.75, 3.05) is 0 Å². The molecule has 0 atom stereocenters. The highest BCUT2D eigenvalue weighted by molar-refractivity contribution is 6.30. The van der Waals surface area contributed by atoms with E-state index in [4.69, 9.17) is 21.6 Å². The highest BCUT2D eigenvalue weighted by atomic mass is 35.5. The molecule has 2 rings (SSSR count). The van der Waals surface area contributed by atoms with Crippen LogP contribution in [0.25, 0.3) is 0 Å². The number of rotatable bonds is 2. The Balaban J connectivity index is 2.39. The molecule has 0 radical (unpaired) electrons. The summed E-state index contributed by atoms with van der Waals surface area (Å²) in [4.78, 5) is 0. The van der Waals surface area contributed by atoms with E-state index in [-0.39, 0.29) is 10.8 Å². The van der Waals surface area contributed by atoms with Crippen LogP contribution in [-0.2, 0) is 0 Å². The molecular weight excluding hydrogens is 241 g/mol. The van der Waals surface area contributed by atoms with Crippen LogP contribution in [-0.4, -0.2) is 0 Å². The molecule has 0 spiro atoms. The van der Waals surface area contributed by atoms with Gasteiger partial charge < -0.3 is 4.74 Å². The van der Waals surface area contributed by atoms with Gasteiger partial charge in [-0.3, -0.25) is 0 Å². The molecule has 0 aliphatic carbocycles. The lowest BCUT2D eigenvalue weighted by Crippen LogP contribution is -1.91. The van der Waals surface area contributed by atoms with Crippen LogP contribution in [0, 0.1) is 17.1 Å². The molecule has 0 aliphatic heterocycles. The Morgan fingerprint density at radius 1 is 1.06 bits per heavy atom. The standard InChI is InChI=1S/C13H7ClFNO/c14-10-5-3-7-12(13(10)15)17-11-6-2-1-4-9(11)8-16/h1-7H. The molecule has 0 fully saturated rings. The second kappa shape index (κ2) is 4.86. The molecule has 17 heavy (non-hydrogen) atoms. The third-order valence-electron chi connectivity index (χ3n) is 2.14. The molecule has 0 amide bonds. The minimum Gasteiger partial charge on any atom is -0.453 e. The van der Waals surface area contributed by atoms with Crippen molar-refractivity contribution in [3.05, 3.63) is 58.9 Å². The van der Waals surface area contributed by atoms with Crippen molar-refractivity contribution in [1.29, 1.82) is 5.26 Å². The third kappa shape index (κ3) is 2.38. The summed E-state index contributed by atoms with van der Waals surface area (Å²) in [6.45, 7) is 0. The van der Waals surface area contributed by atoms with E-state index in [2.05, 4.69) is 0 Å². The Morgan fingerprint density at radius 2 is 1.76 bits per heavy atom. The molecule has 0 saturated carbocycles. The Hall–Kier alpha value is -2.05. The average Bonchev–Trinajstić information content (AvgIpc) is 2.35. The predicted octanol–water partition coefficient (Wildman–Crippen LogP) is 4.14. The van der Waals surface area contributed by atoms with E-state index in [0.717, 1.165) is 0 Å². The van der Waals surface area contributed by atoms with E-state index in [0.29, 0.717) is 11.3 Å². The number of hydrogen-bond acceptors (Lipinski definition) is 2. The maximum Gasteiger partial charge on any atom is 0.184 e. The number of halogens is 2. The maximum absolute atomic E-state index is 13.6. The first-order valence-corrected chi connectivity index (χ1v) is 5.21. The summed E-state index contributed by atoms with van der Waals surface area (Å²) in [5, 5.41) is 8.85. The lowest BCUT2D eigenvalue weighted by molar-refractivity contribution is 0.441. The number of para-hydroxylation sites is 1. The molecule has 2 aromatic carbocycles. The maximum atomic E-state index is 13.6. The lowest BCUT2D eigenvalue weighted by Gasteiger charge is -2.08. The Morgan fingerprint density at radius 3 is 2.53 bits per heavy atom. The highest BCUT2D eigenvalue weighted by Crippen LogP contribution is 2.30. The van der Waals surface area contributed by atoms with Crippen LogP contribution in [0.5, 0.6) is 11.5 Å². The summed E-state index contributed by atoms with van der Waals surface area (Å²) in [5.74, 6) is -0.335. The van der Waals surface area contributed by atoms with E-state index in [1.165, 1.54) is 12.1 Å². The Labute approximate surface area is 103 Å². The summed E-state index contributed by atoms with van der Waals surface area (Å²) in [7, 11) is 0. The van der Waals surface area contributed by atoms with Crippen molar-refractivity contribution < 1.29 is 9.13 Å². The third-order valence-corrected chi connectivity index (χ3v) is 2.44. The van der Waals surface area contributed by atoms with Gasteiger partial charge >= 0.3 is 0 Å². The summed E-state index contributed by atoms with van der Waals surface area (Å²) in [6, 6.07) is 13.0. The first-order chi connectivity index (χ1) is 8.22. The zero-order valence-corrected chi connectivity index (χ0v) is 9.41. The van der Waals surface area contributed by atoms with Crippen molar-refractivity contribution in [2.45, 2.75) is 0 Å². The average molecular weight is 248 g/mol. The largest absolute Gasteiger partial charge is 0.453 e. The number of hydrogen-bond donors (Lipinski definition) is 0. The zero-order chi connectivity index (χ0) is 12.3. The van der Waals surface area contributed by atoms with Crippen molar-refractivity contribution in [3.63, 3.8) is 0 Å². The van der Waals surface area contributed by atoms with E-state index in [1.54, 1.807) is 30.3 Å². The van der Waals surface area contributed by atoms with Crippen molar-refractivity contribution in [2.24, 2.45) is 0 Å². The van der Waals surface area contributed by atoms with Crippen LogP contribution in [0.2, 0.25) is 5.02 Å². The van der Waals surface area contributed by atoms with E-state index < -0.39 is 5.82 Å². The van der Waals surface area contributed by atoms with Crippen molar-refractivity contribution >= 4 is 11.6 Å². The van der Waals surface area contributed by atoms with Gasteiger partial charge in [-0.05, 0) is 24.3 Å². The van der Waals surface area contributed by atoms with Gasteiger partial charge in [0.05, 0.1) is 10.6 Å². The molecule has 2 nitrogen and oxygen atoms in total. The molecule has 4 heteroatoms. The second-order valence-corrected chi connectivity index (χ2v) is 3.67. The fourth-order valence-corrected chi connectivity index (χ4v) is 1.50. The monoisotopic (exact) mass is 247 g/mol. The summed E-state index contributed by atoms with van der Waals surface area (Å²) < 4.78 is 18.9. The first-order valence-electron chi connectivity index (χ1n) is 4.83. The second-order valence-electron chi connectivity index (χ2n) is 3.26. The molecule has 84 valence electrons. The Kier molecular flexibility index (Phi) is 3.27. The van der Waals surface area contributed by atoms with Crippen LogP contribution in [0.1, 0.15) is 5.56 Å². The van der Waals surface area contributed by atoms with Gasteiger partial charge in [-0.1, -0.05) is 29.8 Å². The molecule has 0 bridgehead atoms. The van der Waals surface area contributed by atoms with E-state index in [9.17, 15) is 4.39 Å². The molecular formula is C13H7ClFNO. The number of ether oxygens (including phenoxy) is 1. The number of benzene rings is 2. The fraction of sp³-hybridized carbons (Fsp3) is 0. The van der Waals surface area contributed by atoms with Crippen LogP contribution in [0.4, 0.5) is 4.39 Å². The van der Waals surface area contributed by atoms with Gasteiger partial charge in [-0.2, -0.15) is 5.26 Å². The smallest absolute Gasteiger partial charge is 0.184 e. The van der Waals surface area contributed by atoms with Crippen molar-refractivity contribution in [3.8, 4) is 17.6 Å². The molecule has 0 aromatic heterocycles. The summed E-state index contributed by atoms with van der Waals surface area (Å²) in [5.41, 5.74) is 0.340. The summed E-state index contributed by atoms with van der Waals surface area (Å²) in [6.07, 6.45) is 0. The van der Waals surface area contributed by atoms with Gasteiger partial charge in [0.2, 0.25) is 0 Å². The number of nitrogens with zero attached hydrogens (tertiary/aromatic N) is 1. The van der Waals surface area contributed by atoms with Gasteiger partial charge in [-0.15, -0.1) is 0 Å². The van der Waals surface area contributed by atoms with Gasteiger partial charge in [0, 0.05) is 0 Å². The zero-order valence-electron chi connectivity index (χ0n) is 8.65. The predicted molar refractivity (Wildman–Crippen MR) is 62.6 cm³/mol. The summed E-state index contributed by atoms with van der Waals surface area (Å²) >= 11 is 5.63. The molecule has 0 heterocycles. The molecule has 0 aliphatic rings. The van der Waals surface area contributed by atoms with Gasteiger partial charge in [0.15, 0.2) is 11.6 Å².